The summed E-state index contributed by atoms with van der Waals surface area (Å²) in [5.74, 6) is -2.19. The van der Waals surface area contributed by atoms with Gasteiger partial charge in [-0.1, -0.05) is 0 Å². The van der Waals surface area contributed by atoms with Gasteiger partial charge in [0.05, 0.1) is 6.61 Å². The molecule has 0 radical (unpaired) electrons. The molecule has 1 amide bonds. The number of carbonyl (C=O) groups excluding carboxylic acids is 1. The van der Waals surface area contributed by atoms with E-state index >= 15 is 0 Å². The number of carboxylic acid groups (broad SMARTS) is 1. The van der Waals surface area contributed by atoms with Crippen LogP contribution in [0, 0.1) is 0 Å². The predicted molar refractivity (Wildman–Crippen MR) is 49.7 cm³/mol. The molecule has 0 aliphatic rings. The Bertz CT molecular complexity index is 375. The van der Waals surface area contributed by atoms with Crippen molar-refractivity contribution >= 4 is 23.5 Å². The van der Waals surface area contributed by atoms with E-state index in [-0.39, 0.29) is 11.0 Å². The van der Waals surface area contributed by atoms with Crippen LogP contribution in [0.1, 0.15) is 10.6 Å². The first-order valence-electron chi connectivity index (χ1n) is 3.94. The van der Waals surface area contributed by atoms with Gasteiger partial charge < -0.3 is 19.9 Å². The number of halogens is 1. The van der Waals surface area contributed by atoms with Gasteiger partial charge in [0.25, 0.3) is 5.91 Å². The van der Waals surface area contributed by atoms with Gasteiger partial charge in [-0.15, -0.1) is 0 Å². The summed E-state index contributed by atoms with van der Waals surface area (Å²) in [7, 11) is 0. The fourth-order valence-corrected chi connectivity index (χ4v) is 0.997. The van der Waals surface area contributed by atoms with Crippen molar-refractivity contribution in [3.05, 3.63) is 23.1 Å². The lowest BCUT2D eigenvalue weighted by molar-refractivity contribution is -0.140. The van der Waals surface area contributed by atoms with Crippen LogP contribution in [0.4, 0.5) is 0 Å². The zero-order valence-electron chi connectivity index (χ0n) is 7.44. The molecule has 3 N–H and O–H groups in total. The van der Waals surface area contributed by atoms with Gasteiger partial charge in [0.1, 0.15) is 0 Å². The molecule has 1 aromatic rings. The first kappa shape index (κ1) is 11.5. The summed E-state index contributed by atoms with van der Waals surface area (Å²) in [6.07, 6.45) is 0. The molecule has 82 valence electrons. The first-order chi connectivity index (χ1) is 7.04. The van der Waals surface area contributed by atoms with Gasteiger partial charge in [0.2, 0.25) is 0 Å². The van der Waals surface area contributed by atoms with Crippen LogP contribution in [0.25, 0.3) is 0 Å². The fourth-order valence-electron chi connectivity index (χ4n) is 0.851. The molecule has 0 saturated heterocycles. The summed E-state index contributed by atoms with van der Waals surface area (Å²) in [6, 6.07) is 1.29. The number of furan rings is 1. The van der Waals surface area contributed by atoms with Gasteiger partial charge in [0, 0.05) is 0 Å². The average molecular weight is 234 g/mol. The SMILES string of the molecule is O=C(N[C@@H](CO)C(=O)O)c1ccc(Cl)o1. The second-order valence-electron chi connectivity index (χ2n) is 2.65. The minimum absolute atomic E-state index is 0.0241. The van der Waals surface area contributed by atoms with E-state index in [0.717, 1.165) is 0 Å². The van der Waals surface area contributed by atoms with E-state index in [9.17, 15) is 9.59 Å². The van der Waals surface area contributed by atoms with Gasteiger partial charge in [-0.25, -0.2) is 4.79 Å². The van der Waals surface area contributed by atoms with E-state index in [4.69, 9.17) is 26.2 Å². The number of carboxylic acids is 1. The van der Waals surface area contributed by atoms with Crippen molar-refractivity contribution < 1.29 is 24.2 Å². The van der Waals surface area contributed by atoms with Gasteiger partial charge in [-0.3, -0.25) is 4.79 Å². The highest BCUT2D eigenvalue weighted by Crippen LogP contribution is 2.12. The maximum Gasteiger partial charge on any atom is 0.328 e. The fraction of sp³-hybridized carbons (Fsp3) is 0.250. The van der Waals surface area contributed by atoms with Crippen LogP contribution < -0.4 is 5.32 Å². The predicted octanol–water partition coefficient (Wildman–Crippen LogP) is 0.108. The quantitative estimate of drug-likeness (QED) is 0.685. The molecule has 6 nitrogen and oxygen atoms in total. The van der Waals surface area contributed by atoms with Crippen LogP contribution in [0.2, 0.25) is 5.22 Å². The number of aliphatic hydroxyl groups excluding tert-OH is 1. The van der Waals surface area contributed by atoms with Gasteiger partial charge in [-0.2, -0.15) is 0 Å². The van der Waals surface area contributed by atoms with Crippen molar-refractivity contribution in [3.8, 4) is 0 Å². The largest absolute Gasteiger partial charge is 0.480 e. The molecule has 1 rings (SSSR count). The second-order valence-corrected chi connectivity index (χ2v) is 3.02. The van der Waals surface area contributed by atoms with Gasteiger partial charge in [-0.05, 0) is 23.7 Å². The average Bonchev–Trinajstić information content (AvgIpc) is 2.60. The van der Waals surface area contributed by atoms with Crippen LogP contribution in [0.3, 0.4) is 0 Å². The maximum absolute atomic E-state index is 11.3. The molecule has 7 heteroatoms. The molecule has 0 saturated carbocycles. The molecule has 0 aromatic carbocycles. The summed E-state index contributed by atoms with van der Waals surface area (Å²) in [5.41, 5.74) is 0. The third-order valence-corrected chi connectivity index (χ3v) is 1.79. The number of aliphatic carboxylic acids is 1. The Kier molecular flexibility index (Phi) is 3.70. The van der Waals surface area contributed by atoms with Crippen molar-refractivity contribution in [1.29, 1.82) is 0 Å². The molecule has 0 aliphatic carbocycles. The lowest BCUT2D eigenvalue weighted by atomic mass is 10.3. The number of rotatable bonds is 4. The Labute approximate surface area is 89.5 Å². The van der Waals surface area contributed by atoms with Crippen LogP contribution in [-0.2, 0) is 4.79 Å². The molecule has 0 fully saturated rings. The normalized spacial score (nSPS) is 12.1. The molecule has 15 heavy (non-hydrogen) atoms. The minimum Gasteiger partial charge on any atom is -0.480 e. The van der Waals surface area contributed by atoms with Crippen LogP contribution in [-0.4, -0.2) is 34.7 Å². The number of hydrogen-bond acceptors (Lipinski definition) is 4. The summed E-state index contributed by atoms with van der Waals surface area (Å²) < 4.78 is 4.75. The number of nitrogens with one attached hydrogen (secondary N) is 1. The Hall–Kier alpha value is -1.53. The molecule has 0 bridgehead atoms. The molecule has 1 heterocycles. The Morgan fingerprint density at radius 3 is 2.60 bits per heavy atom. The Morgan fingerprint density at radius 2 is 2.20 bits per heavy atom. The number of aliphatic hydroxyl groups is 1. The van der Waals surface area contributed by atoms with Crippen molar-refractivity contribution in [2.24, 2.45) is 0 Å². The summed E-state index contributed by atoms with van der Waals surface area (Å²) in [5, 5.41) is 19.3. The van der Waals surface area contributed by atoms with E-state index in [0.29, 0.717) is 0 Å². The Balaban J connectivity index is 2.66. The number of amides is 1. The van der Waals surface area contributed by atoms with E-state index in [1.165, 1.54) is 12.1 Å². The molecule has 0 spiro atoms. The smallest absolute Gasteiger partial charge is 0.328 e. The van der Waals surface area contributed by atoms with Crippen LogP contribution in [0.15, 0.2) is 16.5 Å². The lowest BCUT2D eigenvalue weighted by Crippen LogP contribution is -2.43. The third-order valence-electron chi connectivity index (χ3n) is 1.58. The standard InChI is InChI=1S/C8H8ClNO5/c9-6-2-1-5(15-6)7(12)10-4(3-11)8(13)14/h1-2,4,11H,3H2,(H,10,12)(H,13,14)/t4-/m0/s1. The highest BCUT2D eigenvalue weighted by atomic mass is 35.5. The number of hydrogen-bond donors (Lipinski definition) is 3. The van der Waals surface area contributed by atoms with Crippen molar-refractivity contribution in [3.63, 3.8) is 0 Å². The monoisotopic (exact) mass is 233 g/mol. The van der Waals surface area contributed by atoms with E-state index in [1.807, 2.05) is 0 Å². The van der Waals surface area contributed by atoms with E-state index < -0.39 is 24.5 Å². The zero-order chi connectivity index (χ0) is 11.4. The Morgan fingerprint density at radius 1 is 1.53 bits per heavy atom. The lowest BCUT2D eigenvalue weighted by Gasteiger charge is -2.09. The molecule has 0 unspecified atom stereocenters. The summed E-state index contributed by atoms with van der Waals surface area (Å²) in [4.78, 5) is 21.8. The molecule has 0 aliphatic heterocycles. The highest BCUT2D eigenvalue weighted by molar-refractivity contribution is 6.29. The maximum atomic E-state index is 11.3. The van der Waals surface area contributed by atoms with E-state index in [2.05, 4.69) is 5.32 Å². The first-order valence-corrected chi connectivity index (χ1v) is 4.32. The number of carbonyl (C=O) groups is 2. The van der Waals surface area contributed by atoms with Gasteiger partial charge in [0.15, 0.2) is 17.0 Å². The molecular weight excluding hydrogens is 226 g/mol. The van der Waals surface area contributed by atoms with Crippen LogP contribution in [0.5, 0.6) is 0 Å². The molecule has 1 aromatic heterocycles. The van der Waals surface area contributed by atoms with Crippen molar-refractivity contribution in [2.75, 3.05) is 6.61 Å². The van der Waals surface area contributed by atoms with Gasteiger partial charge >= 0.3 is 5.97 Å². The molecule has 1 atom stereocenters. The van der Waals surface area contributed by atoms with Crippen LogP contribution >= 0.6 is 11.6 Å². The second kappa shape index (κ2) is 4.81. The minimum atomic E-state index is -1.36. The topological polar surface area (TPSA) is 99.8 Å². The third kappa shape index (κ3) is 2.97. The summed E-state index contributed by atoms with van der Waals surface area (Å²) in [6.45, 7) is -0.699. The molecular formula is C8H8ClNO5. The van der Waals surface area contributed by atoms with Crippen molar-refractivity contribution in [2.45, 2.75) is 6.04 Å². The summed E-state index contributed by atoms with van der Waals surface area (Å²) >= 11 is 5.43. The zero-order valence-corrected chi connectivity index (χ0v) is 8.19. The van der Waals surface area contributed by atoms with Crippen molar-refractivity contribution in [1.82, 2.24) is 5.32 Å². The van der Waals surface area contributed by atoms with E-state index in [1.54, 1.807) is 0 Å². The highest BCUT2D eigenvalue weighted by Gasteiger charge is 2.21.